The summed E-state index contributed by atoms with van der Waals surface area (Å²) in [5.41, 5.74) is 1.44. The van der Waals surface area contributed by atoms with Crippen molar-refractivity contribution < 1.29 is 4.79 Å². The van der Waals surface area contributed by atoms with Crippen molar-refractivity contribution in [3.05, 3.63) is 58.3 Å². The minimum atomic E-state index is -0.187. The first kappa shape index (κ1) is 13.0. The van der Waals surface area contributed by atoms with Crippen molar-refractivity contribution in [2.75, 3.05) is 0 Å². The maximum Gasteiger partial charge on any atom is 0.253 e. The predicted octanol–water partition coefficient (Wildman–Crippen LogP) is 3.27. The highest BCUT2D eigenvalue weighted by molar-refractivity contribution is 7.18. The highest BCUT2D eigenvalue weighted by Crippen LogP contribution is 2.21. The van der Waals surface area contributed by atoms with Crippen LogP contribution in [0, 0.1) is 0 Å². The minimum absolute atomic E-state index is 0.187. The van der Waals surface area contributed by atoms with Gasteiger partial charge in [-0.15, -0.1) is 11.3 Å². The molecule has 0 atom stereocenters. The number of carbonyl (C=O) groups is 1. The van der Waals surface area contributed by atoms with Crippen LogP contribution in [0.25, 0.3) is 10.2 Å². The van der Waals surface area contributed by atoms with Gasteiger partial charge in [0.05, 0.1) is 22.3 Å². The van der Waals surface area contributed by atoms with Crippen LogP contribution >= 0.6 is 22.9 Å². The zero-order chi connectivity index (χ0) is 13.9. The molecule has 0 saturated heterocycles. The number of fused-ring (bicyclic) bond motifs is 1. The maximum absolute atomic E-state index is 11.9. The molecule has 0 aliphatic rings. The Morgan fingerprint density at radius 1 is 1.25 bits per heavy atom. The first-order valence-corrected chi connectivity index (χ1v) is 7.16. The van der Waals surface area contributed by atoms with Crippen LogP contribution in [0.3, 0.4) is 0 Å². The summed E-state index contributed by atoms with van der Waals surface area (Å²) in [5, 5.41) is 4.07. The van der Waals surface area contributed by atoms with Crippen molar-refractivity contribution in [3.63, 3.8) is 0 Å². The molecule has 0 bridgehead atoms. The summed E-state index contributed by atoms with van der Waals surface area (Å²) in [4.78, 5) is 20.3. The molecule has 0 fully saturated rings. The average molecular weight is 304 g/mol. The second-order valence-electron chi connectivity index (χ2n) is 4.13. The summed E-state index contributed by atoms with van der Waals surface area (Å²) >= 11 is 7.26. The van der Waals surface area contributed by atoms with Gasteiger partial charge in [0.2, 0.25) is 0 Å². The number of benzene rings is 1. The third-order valence-electron chi connectivity index (χ3n) is 2.73. The van der Waals surface area contributed by atoms with E-state index in [1.165, 1.54) is 6.20 Å². The largest absolute Gasteiger partial charge is 0.345 e. The summed E-state index contributed by atoms with van der Waals surface area (Å²) in [7, 11) is 0. The van der Waals surface area contributed by atoms with Crippen LogP contribution < -0.4 is 5.32 Å². The number of carbonyl (C=O) groups excluding carboxylic acids is 1. The van der Waals surface area contributed by atoms with Gasteiger partial charge in [-0.2, -0.15) is 0 Å². The fraction of sp³-hybridized carbons (Fsp3) is 0.0714. The van der Waals surface area contributed by atoms with E-state index in [-0.39, 0.29) is 5.91 Å². The van der Waals surface area contributed by atoms with Gasteiger partial charge in [0.1, 0.15) is 10.2 Å². The van der Waals surface area contributed by atoms with Gasteiger partial charge < -0.3 is 5.32 Å². The lowest BCUT2D eigenvalue weighted by Gasteiger charge is -2.02. The normalized spacial score (nSPS) is 10.7. The van der Waals surface area contributed by atoms with E-state index < -0.39 is 0 Å². The quantitative estimate of drug-likeness (QED) is 0.756. The molecule has 0 aliphatic carbocycles. The Balaban J connectivity index is 1.69. The molecule has 0 aliphatic heterocycles. The number of nitrogens with one attached hydrogen (secondary N) is 1. The Morgan fingerprint density at radius 2 is 2.10 bits per heavy atom. The molecule has 0 spiro atoms. The third kappa shape index (κ3) is 2.79. The number of hydrogen-bond acceptors (Lipinski definition) is 4. The third-order valence-corrected chi connectivity index (χ3v) is 3.99. The molecule has 100 valence electrons. The van der Waals surface area contributed by atoms with Crippen molar-refractivity contribution in [1.29, 1.82) is 0 Å². The molecule has 3 rings (SSSR count). The van der Waals surface area contributed by atoms with E-state index in [2.05, 4.69) is 15.3 Å². The fourth-order valence-electron chi connectivity index (χ4n) is 1.76. The van der Waals surface area contributed by atoms with Crippen LogP contribution in [0.15, 0.2) is 42.6 Å². The van der Waals surface area contributed by atoms with E-state index >= 15 is 0 Å². The minimum Gasteiger partial charge on any atom is -0.345 e. The summed E-state index contributed by atoms with van der Waals surface area (Å²) in [6.07, 6.45) is 1.45. The summed E-state index contributed by atoms with van der Waals surface area (Å²) in [5.74, 6) is -0.187. The monoisotopic (exact) mass is 303 g/mol. The molecule has 0 saturated carbocycles. The van der Waals surface area contributed by atoms with Crippen molar-refractivity contribution in [2.24, 2.45) is 0 Å². The van der Waals surface area contributed by atoms with Gasteiger partial charge in [-0.05, 0) is 24.3 Å². The van der Waals surface area contributed by atoms with Crippen molar-refractivity contribution in [2.45, 2.75) is 6.54 Å². The number of aromatic nitrogens is 2. The Kier molecular flexibility index (Phi) is 3.62. The van der Waals surface area contributed by atoms with Gasteiger partial charge in [0, 0.05) is 6.20 Å². The Hall–Kier alpha value is -1.98. The van der Waals surface area contributed by atoms with E-state index in [1.807, 2.05) is 24.3 Å². The zero-order valence-corrected chi connectivity index (χ0v) is 11.9. The molecule has 2 aromatic heterocycles. The predicted molar refractivity (Wildman–Crippen MR) is 80.0 cm³/mol. The lowest BCUT2D eigenvalue weighted by molar-refractivity contribution is 0.0950. The fourth-order valence-corrected chi connectivity index (χ4v) is 2.78. The van der Waals surface area contributed by atoms with Crippen LogP contribution in [0.1, 0.15) is 15.4 Å². The molecule has 0 unspecified atom stereocenters. The number of pyridine rings is 1. The lowest BCUT2D eigenvalue weighted by Crippen LogP contribution is -2.22. The number of hydrogen-bond donors (Lipinski definition) is 1. The maximum atomic E-state index is 11.9. The molecule has 4 nitrogen and oxygen atoms in total. The average Bonchev–Trinajstić information content (AvgIpc) is 2.88. The van der Waals surface area contributed by atoms with E-state index in [9.17, 15) is 4.79 Å². The van der Waals surface area contributed by atoms with Crippen LogP contribution in [0.2, 0.25) is 5.15 Å². The molecular formula is C14H10ClN3OS. The number of halogens is 1. The number of nitrogens with zero attached hydrogens (tertiary/aromatic N) is 2. The van der Waals surface area contributed by atoms with E-state index in [0.29, 0.717) is 17.3 Å². The van der Waals surface area contributed by atoms with E-state index in [0.717, 1.165) is 15.2 Å². The Bertz CT molecular complexity index is 721. The van der Waals surface area contributed by atoms with E-state index in [1.54, 1.807) is 23.5 Å². The standard InChI is InChI=1S/C14H10ClN3OS/c15-12-6-5-9(7-16-12)14(19)17-8-13-18-10-3-1-2-4-11(10)20-13/h1-7H,8H2,(H,17,19). The van der Waals surface area contributed by atoms with Gasteiger partial charge >= 0.3 is 0 Å². The number of rotatable bonds is 3. The summed E-state index contributed by atoms with van der Waals surface area (Å²) in [6.45, 7) is 0.404. The molecule has 0 radical (unpaired) electrons. The molecule has 6 heteroatoms. The van der Waals surface area contributed by atoms with Crippen LogP contribution in [-0.4, -0.2) is 15.9 Å². The number of para-hydroxylation sites is 1. The van der Waals surface area contributed by atoms with Gasteiger partial charge in [0.15, 0.2) is 0 Å². The van der Waals surface area contributed by atoms with Crippen LogP contribution in [0.4, 0.5) is 0 Å². The SMILES string of the molecule is O=C(NCc1nc2ccccc2s1)c1ccc(Cl)nc1. The molecule has 1 aromatic carbocycles. The van der Waals surface area contributed by atoms with Crippen molar-refractivity contribution >= 4 is 39.1 Å². The topological polar surface area (TPSA) is 54.9 Å². The molecular weight excluding hydrogens is 294 g/mol. The second-order valence-corrected chi connectivity index (χ2v) is 5.63. The van der Waals surface area contributed by atoms with E-state index in [4.69, 9.17) is 11.6 Å². The molecule has 1 amide bonds. The van der Waals surface area contributed by atoms with Gasteiger partial charge in [-0.1, -0.05) is 23.7 Å². The number of amides is 1. The molecule has 1 N–H and O–H groups in total. The lowest BCUT2D eigenvalue weighted by atomic mass is 10.3. The summed E-state index contributed by atoms with van der Waals surface area (Å²) < 4.78 is 1.12. The Morgan fingerprint density at radius 3 is 2.85 bits per heavy atom. The van der Waals surface area contributed by atoms with Crippen molar-refractivity contribution in [1.82, 2.24) is 15.3 Å². The van der Waals surface area contributed by atoms with Crippen molar-refractivity contribution in [3.8, 4) is 0 Å². The van der Waals surface area contributed by atoms with Gasteiger partial charge in [0.25, 0.3) is 5.91 Å². The van der Waals surface area contributed by atoms with Gasteiger partial charge in [-0.25, -0.2) is 9.97 Å². The highest BCUT2D eigenvalue weighted by Gasteiger charge is 2.08. The van der Waals surface area contributed by atoms with Gasteiger partial charge in [-0.3, -0.25) is 4.79 Å². The molecule has 2 heterocycles. The van der Waals surface area contributed by atoms with Crippen LogP contribution in [-0.2, 0) is 6.54 Å². The number of thiazole rings is 1. The smallest absolute Gasteiger partial charge is 0.253 e. The highest BCUT2D eigenvalue weighted by atomic mass is 35.5. The second kappa shape index (κ2) is 5.56. The van der Waals surface area contributed by atoms with Crippen LogP contribution in [0.5, 0.6) is 0 Å². The Labute approximate surface area is 124 Å². The first-order chi connectivity index (χ1) is 9.72. The molecule has 20 heavy (non-hydrogen) atoms. The zero-order valence-electron chi connectivity index (χ0n) is 10.3. The molecule has 3 aromatic rings. The summed E-state index contributed by atoms with van der Waals surface area (Å²) in [6, 6.07) is 11.1. The first-order valence-electron chi connectivity index (χ1n) is 5.96.